The molecule has 3 aromatic heterocycles. The minimum atomic E-state index is -5.11. The number of aliphatic hydroxyl groups is 1. The van der Waals surface area contributed by atoms with Crippen LogP contribution < -0.4 is 15.8 Å². The van der Waals surface area contributed by atoms with Crippen LogP contribution in [0.5, 0.6) is 0 Å². The molecule has 2 aromatic carbocycles. The first-order valence-corrected chi connectivity index (χ1v) is 20.1. The number of halogens is 8. The normalized spacial score (nSPS) is 17.8. The summed E-state index contributed by atoms with van der Waals surface area (Å²) in [4.78, 5) is 18.7. The number of nitrogens with two attached hydrogens (primary N) is 1. The SMILES string of the molecule is Cn1nc(NS(C)(=O)=O)c2c(Cl)ccc(-c3cc(N)c(C#CC(C)(C)O)nc3[C@H](Cc3cc(F)cc(F)c3)NC(=O)Cn3nc(C(F)(F)F)c4c3C(F)(F)[C@@H]3CC[C@H]43)c21. The van der Waals surface area contributed by atoms with Crippen molar-refractivity contribution in [3.8, 4) is 23.0 Å². The fourth-order valence-corrected chi connectivity index (χ4v) is 8.43. The summed E-state index contributed by atoms with van der Waals surface area (Å²) in [6, 6.07) is 5.37. The van der Waals surface area contributed by atoms with Crippen LogP contribution in [0.4, 0.5) is 42.2 Å². The number of hydrogen-bond donors (Lipinski definition) is 4. The molecule has 1 amide bonds. The summed E-state index contributed by atoms with van der Waals surface area (Å²) in [5, 5.41) is 20.9. The summed E-state index contributed by atoms with van der Waals surface area (Å²) in [6.45, 7) is 1.64. The number of amides is 1. The van der Waals surface area contributed by atoms with Crippen LogP contribution in [0.2, 0.25) is 5.02 Å². The molecule has 2 aliphatic rings. The third kappa shape index (κ3) is 8.02. The molecule has 7 rings (SSSR count). The van der Waals surface area contributed by atoms with Crippen molar-refractivity contribution in [2.75, 3.05) is 16.7 Å². The fraction of sp³-hybridized carbons (Fsp3) is 0.368. The number of nitrogen functional groups attached to an aromatic ring is 1. The highest BCUT2D eigenvalue weighted by molar-refractivity contribution is 7.92. The van der Waals surface area contributed by atoms with Gasteiger partial charge in [-0.1, -0.05) is 23.6 Å². The van der Waals surface area contributed by atoms with E-state index in [1.807, 2.05) is 0 Å². The molecule has 0 spiro atoms. The predicted octanol–water partition coefficient (Wildman–Crippen LogP) is 6.56. The van der Waals surface area contributed by atoms with E-state index in [9.17, 15) is 40.3 Å². The number of aryl methyl sites for hydroxylation is 1. The van der Waals surface area contributed by atoms with Gasteiger partial charge in [-0.15, -0.1) is 0 Å². The van der Waals surface area contributed by atoms with Gasteiger partial charge in [0.1, 0.15) is 35.2 Å². The molecular formula is C38H34ClF7N8O4S. The Morgan fingerprint density at radius 1 is 1.10 bits per heavy atom. The van der Waals surface area contributed by atoms with Crippen LogP contribution >= 0.6 is 11.6 Å². The molecule has 59 heavy (non-hydrogen) atoms. The van der Waals surface area contributed by atoms with E-state index in [1.54, 1.807) is 0 Å². The number of benzene rings is 2. The molecule has 0 saturated heterocycles. The molecule has 0 aliphatic heterocycles. The fourth-order valence-electron chi connectivity index (χ4n) is 7.69. The summed E-state index contributed by atoms with van der Waals surface area (Å²) in [6.07, 6.45) is -4.59. The highest BCUT2D eigenvalue weighted by Gasteiger charge is 2.63. The van der Waals surface area contributed by atoms with Gasteiger partial charge in [-0.05, 0) is 74.8 Å². The van der Waals surface area contributed by atoms with Gasteiger partial charge < -0.3 is 16.2 Å². The largest absolute Gasteiger partial charge is 0.435 e. The van der Waals surface area contributed by atoms with Crippen LogP contribution in [0, 0.1) is 29.4 Å². The summed E-state index contributed by atoms with van der Waals surface area (Å²) >= 11 is 6.57. The maximum atomic E-state index is 15.7. The van der Waals surface area contributed by atoms with Gasteiger partial charge in [-0.25, -0.2) is 22.2 Å². The first-order valence-electron chi connectivity index (χ1n) is 17.8. The molecule has 5 N–H and O–H groups in total. The molecule has 1 saturated carbocycles. The van der Waals surface area contributed by atoms with Crippen molar-refractivity contribution in [1.82, 2.24) is 29.9 Å². The lowest BCUT2D eigenvalue weighted by Gasteiger charge is -2.34. The molecule has 0 bridgehead atoms. The standard InChI is InChI=1S/C38H34ClF7N8O4S/c1-36(2,56)10-9-26-25(47)15-22(20-6-8-24(39)30-32(20)53(3)51-35(30)52-59(4,57)58)31(49-26)27(13-17-11-18(40)14-19(41)12-17)48-28(55)16-54-34-29(33(50-54)38(44,45)46)21-5-7-23(21)37(34,42)43/h6,8,11-12,14-15,21,23,27,56H,5,7,13,16,47H2,1-4H3,(H,48,55)(H,51,52)/t21-,23+,27-/m0/s1. The summed E-state index contributed by atoms with van der Waals surface area (Å²) in [5.41, 5.74) is 1.93. The average molecular weight is 867 g/mol. The number of carbonyl (C=O) groups is 1. The number of fused-ring (bicyclic) bond motifs is 4. The monoisotopic (exact) mass is 866 g/mol. The molecule has 3 heterocycles. The van der Waals surface area contributed by atoms with Gasteiger partial charge in [0.05, 0.1) is 39.6 Å². The van der Waals surface area contributed by atoms with Crippen molar-refractivity contribution in [3.63, 3.8) is 0 Å². The van der Waals surface area contributed by atoms with Gasteiger partial charge in [-0.2, -0.15) is 32.1 Å². The minimum absolute atomic E-state index is 0.0210. The van der Waals surface area contributed by atoms with Gasteiger partial charge >= 0.3 is 6.18 Å². The quantitative estimate of drug-likeness (QED) is 0.0955. The zero-order valence-electron chi connectivity index (χ0n) is 31.4. The van der Waals surface area contributed by atoms with Crippen LogP contribution in [-0.2, 0) is 46.9 Å². The lowest BCUT2D eigenvalue weighted by molar-refractivity contribution is -0.144. The second-order valence-electron chi connectivity index (χ2n) is 15.1. The van der Waals surface area contributed by atoms with Crippen molar-refractivity contribution < 1.29 is 49.1 Å². The topological polar surface area (TPSA) is 170 Å². The second-order valence-corrected chi connectivity index (χ2v) is 17.3. The number of sulfonamides is 1. The Labute approximate surface area is 337 Å². The molecule has 3 atom stereocenters. The maximum Gasteiger partial charge on any atom is 0.435 e. The van der Waals surface area contributed by atoms with E-state index in [0.717, 1.165) is 18.4 Å². The molecule has 2 aliphatic carbocycles. The highest BCUT2D eigenvalue weighted by Crippen LogP contribution is 2.64. The van der Waals surface area contributed by atoms with Crippen molar-refractivity contribution >= 4 is 49.9 Å². The molecule has 312 valence electrons. The Hall–Kier alpha value is -5.39. The minimum Gasteiger partial charge on any atom is -0.396 e. The van der Waals surface area contributed by atoms with E-state index >= 15 is 8.78 Å². The number of pyridine rings is 1. The summed E-state index contributed by atoms with van der Waals surface area (Å²) < 4.78 is 132. The van der Waals surface area contributed by atoms with Crippen LogP contribution in [0.1, 0.15) is 72.6 Å². The smallest absolute Gasteiger partial charge is 0.396 e. The number of rotatable bonds is 9. The van der Waals surface area contributed by atoms with E-state index < -0.39 is 93.1 Å². The van der Waals surface area contributed by atoms with E-state index in [4.69, 9.17) is 17.3 Å². The Balaban J connectivity index is 1.42. The molecule has 0 unspecified atom stereocenters. The van der Waals surface area contributed by atoms with Gasteiger partial charge in [0.2, 0.25) is 15.9 Å². The number of anilines is 2. The first kappa shape index (κ1) is 41.8. The third-order valence-corrected chi connectivity index (χ3v) is 11.0. The van der Waals surface area contributed by atoms with Crippen molar-refractivity contribution in [3.05, 3.63) is 87.0 Å². The highest BCUT2D eigenvalue weighted by atomic mass is 35.5. The molecular weight excluding hydrogens is 833 g/mol. The van der Waals surface area contributed by atoms with Crippen molar-refractivity contribution in [2.24, 2.45) is 13.0 Å². The predicted molar refractivity (Wildman–Crippen MR) is 203 cm³/mol. The zero-order chi connectivity index (χ0) is 43.1. The molecule has 1 fully saturated rings. The Morgan fingerprint density at radius 2 is 1.78 bits per heavy atom. The van der Waals surface area contributed by atoms with Gasteiger partial charge in [0.15, 0.2) is 11.5 Å². The molecule has 5 aromatic rings. The van der Waals surface area contributed by atoms with Crippen molar-refractivity contribution in [1.29, 1.82) is 0 Å². The lowest BCUT2D eigenvalue weighted by Crippen LogP contribution is -2.36. The van der Waals surface area contributed by atoms with E-state index in [2.05, 4.69) is 37.1 Å². The van der Waals surface area contributed by atoms with E-state index in [-0.39, 0.29) is 68.4 Å². The Kier molecular flexibility index (Phi) is 10.2. The Morgan fingerprint density at radius 3 is 2.37 bits per heavy atom. The van der Waals surface area contributed by atoms with Gasteiger partial charge in [0, 0.05) is 35.7 Å². The number of nitrogens with zero attached hydrogens (tertiary/aromatic N) is 5. The lowest BCUT2D eigenvalue weighted by atomic mass is 9.73. The summed E-state index contributed by atoms with van der Waals surface area (Å²) in [7, 11) is -2.41. The first-order chi connectivity index (χ1) is 27.3. The van der Waals surface area contributed by atoms with Crippen LogP contribution in [0.3, 0.4) is 0 Å². The number of alkyl halides is 5. The van der Waals surface area contributed by atoms with Gasteiger partial charge in [0.25, 0.3) is 5.92 Å². The van der Waals surface area contributed by atoms with E-state index in [1.165, 1.54) is 43.8 Å². The molecule has 12 nitrogen and oxygen atoms in total. The number of aromatic nitrogens is 5. The number of hydrogen-bond acceptors (Lipinski definition) is 8. The number of nitrogens with one attached hydrogen (secondary N) is 2. The number of carbonyl (C=O) groups excluding carboxylic acids is 1. The van der Waals surface area contributed by atoms with Crippen molar-refractivity contribution in [2.45, 2.75) is 69.3 Å². The average Bonchev–Trinajstić information content (AvgIpc) is 3.64. The van der Waals surface area contributed by atoms with Crippen LogP contribution in [0.25, 0.3) is 22.0 Å². The molecule has 21 heteroatoms. The summed E-state index contributed by atoms with van der Waals surface area (Å²) in [5.74, 6) is -4.21. The van der Waals surface area contributed by atoms with Gasteiger partial charge in [-0.3, -0.25) is 18.9 Å². The maximum absolute atomic E-state index is 15.7. The molecule has 0 radical (unpaired) electrons. The Bertz CT molecular complexity index is 2720. The third-order valence-electron chi connectivity index (χ3n) is 10.1. The van der Waals surface area contributed by atoms with E-state index in [0.29, 0.717) is 10.7 Å². The van der Waals surface area contributed by atoms with Crippen LogP contribution in [-0.4, -0.2) is 55.8 Å². The zero-order valence-corrected chi connectivity index (χ0v) is 33.0. The van der Waals surface area contributed by atoms with Crippen LogP contribution in [0.15, 0.2) is 36.4 Å². The second kappa shape index (κ2) is 14.4.